The number of rotatable bonds is 3. The van der Waals surface area contributed by atoms with E-state index in [1.165, 1.54) is 25.9 Å². The van der Waals surface area contributed by atoms with Gasteiger partial charge in [0.25, 0.3) is 11.9 Å². The van der Waals surface area contributed by atoms with Crippen molar-refractivity contribution in [2.24, 2.45) is 5.92 Å². The molecule has 150 valence electrons. The Kier molecular flexibility index (Phi) is 4.51. The third kappa shape index (κ3) is 3.06. The average Bonchev–Trinajstić information content (AvgIpc) is 3.12. The molecule has 4 saturated heterocycles. The predicted molar refractivity (Wildman–Crippen MR) is 109 cm³/mol. The van der Waals surface area contributed by atoms with Crippen LogP contribution in [0.15, 0.2) is 22.6 Å². The number of carbonyl (C=O) groups excluding carboxylic acids is 1. The van der Waals surface area contributed by atoms with E-state index in [2.05, 4.69) is 34.3 Å². The van der Waals surface area contributed by atoms with Gasteiger partial charge in [0, 0.05) is 37.8 Å². The van der Waals surface area contributed by atoms with Gasteiger partial charge in [-0.05, 0) is 57.8 Å². The average molecular weight is 383 g/mol. The second-order valence-corrected chi connectivity index (χ2v) is 8.63. The van der Waals surface area contributed by atoms with Crippen LogP contribution in [0.3, 0.4) is 0 Å². The molecule has 6 rings (SSSR count). The summed E-state index contributed by atoms with van der Waals surface area (Å²) in [4.78, 5) is 22.5. The smallest absolute Gasteiger partial charge is 0.298 e. The largest absolute Gasteiger partial charge is 0.423 e. The van der Waals surface area contributed by atoms with E-state index in [1.54, 1.807) is 0 Å². The fraction of sp³-hybridized carbons (Fsp3) is 0.619. The van der Waals surface area contributed by atoms with Crippen LogP contribution in [0, 0.1) is 5.92 Å². The Morgan fingerprint density at radius 3 is 2.64 bits per heavy atom. The summed E-state index contributed by atoms with van der Waals surface area (Å²) < 4.78 is 6.08. The van der Waals surface area contributed by atoms with Gasteiger partial charge in [-0.15, -0.1) is 0 Å². The lowest BCUT2D eigenvalue weighted by Crippen LogP contribution is -2.57. The predicted octanol–water partition coefficient (Wildman–Crippen LogP) is 1.84. The van der Waals surface area contributed by atoms with Gasteiger partial charge in [-0.3, -0.25) is 4.79 Å². The highest BCUT2D eigenvalue weighted by Crippen LogP contribution is 2.30. The van der Waals surface area contributed by atoms with Gasteiger partial charge in [0.15, 0.2) is 5.58 Å². The van der Waals surface area contributed by atoms with Gasteiger partial charge in [0.1, 0.15) is 5.52 Å². The Morgan fingerprint density at radius 2 is 1.96 bits per heavy atom. The molecule has 4 aliphatic heterocycles. The van der Waals surface area contributed by atoms with Crippen molar-refractivity contribution >= 4 is 23.0 Å². The second kappa shape index (κ2) is 7.04. The molecule has 3 atom stereocenters. The molecule has 1 amide bonds. The number of benzene rings is 1. The molecule has 2 N–H and O–H groups in total. The van der Waals surface area contributed by atoms with Crippen molar-refractivity contribution < 1.29 is 9.21 Å². The standard InChI is InChI=1S/C21H29N5O2/c1-13-10-22-11-14(2)26(13)21-24-19-16(4-3-5-18(19)28-21)20(27)23-17-12-25-8-6-15(17)7-9-25/h3-5,13-15,17,22H,6-12H2,1-2H3,(H,23,27). The van der Waals surface area contributed by atoms with E-state index in [9.17, 15) is 4.79 Å². The monoisotopic (exact) mass is 383 g/mol. The lowest BCUT2D eigenvalue weighted by atomic mass is 9.84. The molecule has 2 bridgehead atoms. The number of fused-ring (bicyclic) bond motifs is 4. The molecule has 4 aliphatic rings. The first-order valence-electron chi connectivity index (χ1n) is 10.5. The van der Waals surface area contributed by atoms with Gasteiger partial charge in [-0.2, -0.15) is 4.98 Å². The SMILES string of the molecule is CC1CNCC(C)N1c1nc2c(C(=O)NC3CN4CCC3CC4)cccc2o1. The Labute approximate surface area is 165 Å². The van der Waals surface area contributed by atoms with Crippen LogP contribution in [0.4, 0.5) is 6.01 Å². The minimum absolute atomic E-state index is 0.0365. The van der Waals surface area contributed by atoms with Crippen LogP contribution in [-0.4, -0.2) is 66.6 Å². The molecule has 3 unspecified atom stereocenters. The summed E-state index contributed by atoms with van der Waals surface area (Å²) >= 11 is 0. The summed E-state index contributed by atoms with van der Waals surface area (Å²) in [7, 11) is 0. The molecular formula is C21H29N5O2. The molecule has 0 radical (unpaired) electrons. The van der Waals surface area contributed by atoms with Crippen LogP contribution in [-0.2, 0) is 0 Å². The summed E-state index contributed by atoms with van der Waals surface area (Å²) in [6, 6.07) is 7.07. The molecule has 7 nitrogen and oxygen atoms in total. The molecule has 1 aromatic carbocycles. The Bertz CT molecular complexity index is 863. The minimum atomic E-state index is -0.0365. The normalized spacial score (nSPS) is 32.6. The number of nitrogens with zero attached hydrogens (tertiary/aromatic N) is 3. The fourth-order valence-electron chi connectivity index (χ4n) is 5.11. The maximum atomic E-state index is 13.1. The minimum Gasteiger partial charge on any atom is -0.423 e. The third-order valence-corrected chi connectivity index (χ3v) is 6.68. The Hall–Kier alpha value is -2.12. The number of hydrogen-bond acceptors (Lipinski definition) is 6. The first-order chi connectivity index (χ1) is 13.6. The van der Waals surface area contributed by atoms with E-state index in [1.807, 2.05) is 18.2 Å². The number of oxazole rings is 1. The Morgan fingerprint density at radius 1 is 1.21 bits per heavy atom. The Balaban J connectivity index is 1.42. The maximum Gasteiger partial charge on any atom is 0.298 e. The van der Waals surface area contributed by atoms with Gasteiger partial charge in [-0.1, -0.05) is 6.07 Å². The third-order valence-electron chi connectivity index (χ3n) is 6.68. The van der Waals surface area contributed by atoms with Crippen molar-refractivity contribution in [3.63, 3.8) is 0 Å². The summed E-state index contributed by atoms with van der Waals surface area (Å²) in [5.41, 5.74) is 1.95. The first kappa shape index (κ1) is 17.9. The molecule has 4 fully saturated rings. The van der Waals surface area contributed by atoms with E-state index in [4.69, 9.17) is 9.40 Å². The van der Waals surface area contributed by atoms with E-state index < -0.39 is 0 Å². The number of amides is 1. The molecule has 7 heteroatoms. The van der Waals surface area contributed by atoms with Crippen LogP contribution < -0.4 is 15.5 Å². The number of hydrogen-bond donors (Lipinski definition) is 2. The van der Waals surface area contributed by atoms with Crippen molar-refractivity contribution in [1.29, 1.82) is 0 Å². The van der Waals surface area contributed by atoms with Crippen molar-refractivity contribution in [1.82, 2.24) is 20.5 Å². The summed E-state index contributed by atoms with van der Waals surface area (Å²) in [6.45, 7) is 9.43. The van der Waals surface area contributed by atoms with Crippen LogP contribution >= 0.6 is 0 Å². The maximum absolute atomic E-state index is 13.1. The zero-order valence-electron chi connectivity index (χ0n) is 16.6. The number of aromatic nitrogens is 1. The lowest BCUT2D eigenvalue weighted by molar-refractivity contribution is 0.0621. The zero-order valence-corrected chi connectivity index (χ0v) is 16.6. The molecule has 2 aromatic rings. The van der Waals surface area contributed by atoms with Gasteiger partial charge < -0.3 is 24.9 Å². The number of nitrogens with one attached hydrogen (secondary N) is 2. The van der Waals surface area contributed by atoms with Gasteiger partial charge in [-0.25, -0.2) is 0 Å². The molecule has 0 saturated carbocycles. The summed E-state index contributed by atoms with van der Waals surface area (Å²) in [5.74, 6) is 0.564. The van der Waals surface area contributed by atoms with Crippen molar-refractivity contribution in [3.05, 3.63) is 23.8 Å². The number of piperidine rings is 3. The molecule has 1 aromatic heterocycles. The quantitative estimate of drug-likeness (QED) is 0.843. The molecule has 0 spiro atoms. The molecule has 28 heavy (non-hydrogen) atoms. The highest BCUT2D eigenvalue weighted by Gasteiger charge is 2.35. The fourth-order valence-corrected chi connectivity index (χ4v) is 5.11. The second-order valence-electron chi connectivity index (χ2n) is 8.63. The number of carbonyl (C=O) groups is 1. The van der Waals surface area contributed by atoms with Crippen LogP contribution in [0.2, 0.25) is 0 Å². The molecule has 5 heterocycles. The highest BCUT2D eigenvalue weighted by molar-refractivity contribution is 6.04. The summed E-state index contributed by atoms with van der Waals surface area (Å²) in [6.07, 6.45) is 2.37. The lowest BCUT2D eigenvalue weighted by Gasteiger charge is -2.44. The molecular weight excluding hydrogens is 354 g/mol. The topological polar surface area (TPSA) is 73.6 Å². The number of para-hydroxylation sites is 1. The van der Waals surface area contributed by atoms with Gasteiger partial charge in [0.2, 0.25) is 0 Å². The number of anilines is 1. The molecule has 0 aliphatic carbocycles. The van der Waals surface area contributed by atoms with Crippen LogP contribution in [0.1, 0.15) is 37.0 Å². The van der Waals surface area contributed by atoms with Crippen LogP contribution in [0.25, 0.3) is 11.1 Å². The van der Waals surface area contributed by atoms with Gasteiger partial charge >= 0.3 is 0 Å². The van der Waals surface area contributed by atoms with Crippen molar-refractivity contribution in [2.75, 3.05) is 37.6 Å². The van der Waals surface area contributed by atoms with Crippen molar-refractivity contribution in [2.45, 2.75) is 44.8 Å². The highest BCUT2D eigenvalue weighted by atomic mass is 16.4. The zero-order chi connectivity index (χ0) is 19.3. The van der Waals surface area contributed by atoms with E-state index in [-0.39, 0.29) is 11.9 Å². The van der Waals surface area contributed by atoms with Crippen LogP contribution in [0.5, 0.6) is 0 Å². The van der Waals surface area contributed by atoms with Gasteiger partial charge in [0.05, 0.1) is 5.56 Å². The first-order valence-corrected chi connectivity index (χ1v) is 10.5. The van der Waals surface area contributed by atoms with E-state index in [0.29, 0.717) is 40.7 Å². The number of piperazine rings is 1. The van der Waals surface area contributed by atoms with E-state index in [0.717, 1.165) is 19.6 Å². The summed E-state index contributed by atoms with van der Waals surface area (Å²) in [5, 5.41) is 6.71. The van der Waals surface area contributed by atoms with E-state index >= 15 is 0 Å². The van der Waals surface area contributed by atoms with Crippen molar-refractivity contribution in [3.8, 4) is 0 Å².